The molecule has 1 heterocycles. The van der Waals surface area contributed by atoms with Crippen LogP contribution in [0.5, 0.6) is 5.75 Å². The van der Waals surface area contributed by atoms with E-state index in [1.54, 1.807) is 13.0 Å². The summed E-state index contributed by atoms with van der Waals surface area (Å²) >= 11 is 2.81. The Kier molecular flexibility index (Phi) is 6.23. The number of hydrogen-bond acceptors (Lipinski definition) is 7. The first-order valence-corrected chi connectivity index (χ1v) is 11.7. The van der Waals surface area contributed by atoms with Crippen LogP contribution in [0.2, 0.25) is 0 Å². The van der Waals surface area contributed by atoms with Crippen molar-refractivity contribution in [1.29, 1.82) is 0 Å². The van der Waals surface area contributed by atoms with Crippen LogP contribution in [-0.2, 0) is 14.8 Å². The molecule has 0 aliphatic heterocycles. The van der Waals surface area contributed by atoms with E-state index in [4.69, 9.17) is 9.88 Å². The quantitative estimate of drug-likeness (QED) is 0.548. The first kappa shape index (κ1) is 20.6. The number of sulfonamides is 1. The standard InChI is InChI=1S/C18H19N3O4S3/c1-3-25-12-5-7-14-16(8-12)27-18(21-14)26-10-17(22)20-15-9-13(28(19,23)24)6-4-11(15)2/h4-9H,3,10H2,1-2H3,(H,20,22)(H2,19,23,24). The third kappa shape index (κ3) is 5.02. The fourth-order valence-electron chi connectivity index (χ4n) is 2.43. The lowest BCUT2D eigenvalue weighted by molar-refractivity contribution is -0.113. The molecule has 2 aromatic carbocycles. The van der Waals surface area contributed by atoms with Crippen molar-refractivity contribution in [3.8, 4) is 5.75 Å². The number of rotatable bonds is 7. The third-order valence-electron chi connectivity index (χ3n) is 3.79. The molecule has 0 aliphatic carbocycles. The molecular formula is C18H19N3O4S3. The average Bonchev–Trinajstić information content (AvgIpc) is 3.03. The minimum absolute atomic E-state index is 0.0441. The lowest BCUT2D eigenvalue weighted by atomic mass is 10.2. The normalized spacial score (nSPS) is 11.5. The maximum atomic E-state index is 12.3. The summed E-state index contributed by atoms with van der Waals surface area (Å²) in [7, 11) is -3.83. The predicted molar refractivity (Wildman–Crippen MR) is 113 cm³/mol. The van der Waals surface area contributed by atoms with Crippen LogP contribution in [0.15, 0.2) is 45.6 Å². The third-order valence-corrected chi connectivity index (χ3v) is 6.86. The van der Waals surface area contributed by atoms with Crippen molar-refractivity contribution in [2.75, 3.05) is 17.7 Å². The summed E-state index contributed by atoms with van der Waals surface area (Å²) in [5.74, 6) is 0.684. The number of ether oxygens (including phenoxy) is 1. The summed E-state index contributed by atoms with van der Waals surface area (Å²) in [4.78, 5) is 16.8. The van der Waals surface area contributed by atoms with Crippen LogP contribution >= 0.6 is 23.1 Å². The second-order valence-electron chi connectivity index (χ2n) is 5.90. The van der Waals surface area contributed by atoms with Gasteiger partial charge in [0.1, 0.15) is 5.75 Å². The fourth-order valence-corrected chi connectivity index (χ4v) is 4.87. The summed E-state index contributed by atoms with van der Waals surface area (Å²) in [5, 5.41) is 7.88. The van der Waals surface area contributed by atoms with E-state index in [0.29, 0.717) is 12.3 Å². The van der Waals surface area contributed by atoms with Crippen molar-refractivity contribution in [3.63, 3.8) is 0 Å². The average molecular weight is 438 g/mol. The van der Waals surface area contributed by atoms with Gasteiger partial charge in [0.15, 0.2) is 4.34 Å². The highest BCUT2D eigenvalue weighted by Gasteiger charge is 2.13. The molecule has 3 rings (SSSR count). The van der Waals surface area contributed by atoms with E-state index in [1.165, 1.54) is 35.2 Å². The van der Waals surface area contributed by atoms with Crippen molar-refractivity contribution in [3.05, 3.63) is 42.0 Å². The number of nitrogens with zero attached hydrogens (tertiary/aromatic N) is 1. The van der Waals surface area contributed by atoms with Crippen molar-refractivity contribution in [2.24, 2.45) is 5.14 Å². The Morgan fingerprint density at radius 3 is 2.79 bits per heavy atom. The maximum Gasteiger partial charge on any atom is 0.238 e. The van der Waals surface area contributed by atoms with Crippen LogP contribution in [0.25, 0.3) is 10.2 Å². The minimum atomic E-state index is -3.83. The predicted octanol–water partition coefficient (Wildman–Crippen LogP) is 3.38. The molecule has 0 atom stereocenters. The van der Waals surface area contributed by atoms with Crippen LogP contribution in [0.1, 0.15) is 12.5 Å². The maximum absolute atomic E-state index is 12.3. The molecule has 1 aromatic heterocycles. The fraction of sp³-hybridized carbons (Fsp3) is 0.222. The summed E-state index contributed by atoms with van der Waals surface area (Å²) in [6.45, 7) is 4.30. The van der Waals surface area contributed by atoms with Crippen molar-refractivity contribution < 1.29 is 17.9 Å². The molecule has 0 unspecified atom stereocenters. The van der Waals surface area contributed by atoms with Gasteiger partial charge in [-0.15, -0.1) is 11.3 Å². The number of anilines is 1. The molecule has 0 aliphatic rings. The Morgan fingerprint density at radius 1 is 1.29 bits per heavy atom. The number of thioether (sulfide) groups is 1. The monoisotopic (exact) mass is 437 g/mol. The molecular weight excluding hydrogens is 418 g/mol. The lowest BCUT2D eigenvalue weighted by Crippen LogP contribution is -2.17. The molecule has 0 saturated heterocycles. The molecule has 148 valence electrons. The van der Waals surface area contributed by atoms with Gasteiger partial charge in [0.2, 0.25) is 15.9 Å². The van der Waals surface area contributed by atoms with E-state index < -0.39 is 10.0 Å². The molecule has 1 amide bonds. The summed E-state index contributed by atoms with van der Waals surface area (Å²) in [6, 6.07) is 10.1. The Bertz CT molecular complexity index is 1130. The Morgan fingerprint density at radius 2 is 2.07 bits per heavy atom. The number of carbonyl (C=O) groups excluding carboxylic acids is 1. The van der Waals surface area contributed by atoms with Crippen LogP contribution in [0.4, 0.5) is 5.69 Å². The number of amides is 1. The highest BCUT2D eigenvalue weighted by Crippen LogP contribution is 2.32. The van der Waals surface area contributed by atoms with Crippen molar-refractivity contribution >= 4 is 54.9 Å². The molecule has 0 radical (unpaired) electrons. The molecule has 0 bridgehead atoms. The van der Waals surface area contributed by atoms with E-state index in [-0.39, 0.29) is 16.6 Å². The number of nitrogens with two attached hydrogens (primary N) is 1. The number of aromatic nitrogens is 1. The van der Waals surface area contributed by atoms with Crippen LogP contribution in [0, 0.1) is 6.92 Å². The van der Waals surface area contributed by atoms with E-state index >= 15 is 0 Å². The second kappa shape index (κ2) is 8.48. The van der Waals surface area contributed by atoms with Gasteiger partial charge >= 0.3 is 0 Å². The molecule has 3 aromatic rings. The Labute approximate surface area is 171 Å². The molecule has 3 N–H and O–H groups in total. The van der Waals surface area contributed by atoms with Gasteiger partial charge in [-0.05, 0) is 49.7 Å². The zero-order chi connectivity index (χ0) is 20.3. The number of primary sulfonamides is 1. The first-order valence-electron chi connectivity index (χ1n) is 8.36. The lowest BCUT2D eigenvalue weighted by Gasteiger charge is -2.09. The van der Waals surface area contributed by atoms with E-state index in [9.17, 15) is 13.2 Å². The van der Waals surface area contributed by atoms with Crippen LogP contribution < -0.4 is 15.2 Å². The zero-order valence-electron chi connectivity index (χ0n) is 15.3. The zero-order valence-corrected chi connectivity index (χ0v) is 17.7. The van der Waals surface area contributed by atoms with Crippen molar-refractivity contribution in [2.45, 2.75) is 23.1 Å². The van der Waals surface area contributed by atoms with Gasteiger partial charge in [-0.3, -0.25) is 4.79 Å². The summed E-state index contributed by atoms with van der Waals surface area (Å²) < 4.78 is 30.2. The van der Waals surface area contributed by atoms with E-state index in [1.807, 2.05) is 25.1 Å². The number of fused-ring (bicyclic) bond motifs is 1. The van der Waals surface area contributed by atoms with Gasteiger partial charge in [-0.2, -0.15) is 0 Å². The smallest absolute Gasteiger partial charge is 0.238 e. The molecule has 0 fully saturated rings. The molecule has 10 heteroatoms. The minimum Gasteiger partial charge on any atom is -0.494 e. The van der Waals surface area contributed by atoms with E-state index in [2.05, 4.69) is 10.3 Å². The molecule has 0 saturated carbocycles. The second-order valence-corrected chi connectivity index (χ2v) is 9.72. The number of nitrogens with one attached hydrogen (secondary N) is 1. The van der Waals surface area contributed by atoms with Gasteiger partial charge in [0.05, 0.1) is 27.5 Å². The number of carbonyl (C=O) groups is 1. The van der Waals surface area contributed by atoms with Gasteiger partial charge in [-0.1, -0.05) is 17.8 Å². The molecule has 7 nitrogen and oxygen atoms in total. The number of thiazole rings is 1. The largest absolute Gasteiger partial charge is 0.494 e. The van der Waals surface area contributed by atoms with Crippen LogP contribution in [0.3, 0.4) is 0 Å². The number of aryl methyl sites for hydroxylation is 1. The topological polar surface area (TPSA) is 111 Å². The van der Waals surface area contributed by atoms with E-state index in [0.717, 1.165) is 25.9 Å². The summed E-state index contributed by atoms with van der Waals surface area (Å²) in [6.07, 6.45) is 0. The van der Waals surface area contributed by atoms with Crippen molar-refractivity contribution in [1.82, 2.24) is 4.98 Å². The SMILES string of the molecule is CCOc1ccc2nc(SCC(=O)Nc3cc(S(N)(=O)=O)ccc3C)sc2c1. The summed E-state index contributed by atoms with van der Waals surface area (Å²) in [5.41, 5.74) is 2.02. The number of benzene rings is 2. The number of hydrogen-bond donors (Lipinski definition) is 2. The van der Waals surface area contributed by atoms with Gasteiger partial charge < -0.3 is 10.1 Å². The highest BCUT2D eigenvalue weighted by atomic mass is 32.2. The van der Waals surface area contributed by atoms with Gasteiger partial charge in [0.25, 0.3) is 0 Å². The highest BCUT2D eigenvalue weighted by molar-refractivity contribution is 8.01. The Hall–Kier alpha value is -2.14. The van der Waals surface area contributed by atoms with Gasteiger partial charge in [0, 0.05) is 5.69 Å². The first-order chi connectivity index (χ1) is 13.3. The molecule has 28 heavy (non-hydrogen) atoms. The van der Waals surface area contributed by atoms with Gasteiger partial charge in [-0.25, -0.2) is 18.5 Å². The Balaban J connectivity index is 1.67. The molecule has 0 spiro atoms. The van der Waals surface area contributed by atoms with Crippen LogP contribution in [-0.4, -0.2) is 31.7 Å².